The van der Waals surface area contributed by atoms with E-state index in [4.69, 9.17) is 0 Å². The molecule has 0 bridgehead atoms. The minimum absolute atomic E-state index is 0.121. The number of fused-ring (bicyclic) bond motifs is 1. The molecule has 3 heterocycles. The van der Waals surface area contributed by atoms with Gasteiger partial charge in [0.15, 0.2) is 0 Å². The third kappa shape index (κ3) is 3.91. The van der Waals surface area contributed by atoms with Crippen LogP contribution in [0.5, 0.6) is 0 Å². The van der Waals surface area contributed by atoms with Crippen LogP contribution in [0.1, 0.15) is 28.2 Å². The highest BCUT2D eigenvalue weighted by atomic mass is 32.2. The number of carbonyl (C=O) groups excluding carboxylic acids is 1. The molecule has 0 saturated carbocycles. The predicted octanol–water partition coefficient (Wildman–Crippen LogP) is 3.02. The number of rotatable bonds is 5. The maximum absolute atomic E-state index is 12.3. The van der Waals surface area contributed by atoms with E-state index in [1.807, 2.05) is 27.7 Å². The standard InChI is InChI=1S/C15H17N5O2S3/c1-6-7(2)24-14-11(6)13(22)16-10(17-14)5-23-8(3)12(21)18-15-20-19-9(4)25-15/h8H,5H2,1-4H3,(H,16,17,22)(H,18,20,21). The van der Waals surface area contributed by atoms with Crippen LogP contribution in [0.25, 0.3) is 10.2 Å². The van der Waals surface area contributed by atoms with E-state index < -0.39 is 0 Å². The summed E-state index contributed by atoms with van der Waals surface area (Å²) in [5, 5.41) is 12.1. The van der Waals surface area contributed by atoms with Gasteiger partial charge in [-0.1, -0.05) is 11.3 Å². The normalized spacial score (nSPS) is 12.5. The van der Waals surface area contributed by atoms with Crippen LogP contribution >= 0.6 is 34.4 Å². The summed E-state index contributed by atoms with van der Waals surface area (Å²) in [7, 11) is 0. The van der Waals surface area contributed by atoms with Crippen molar-refractivity contribution >= 4 is 55.7 Å². The van der Waals surface area contributed by atoms with Gasteiger partial charge in [0.05, 0.1) is 16.4 Å². The predicted molar refractivity (Wildman–Crippen MR) is 104 cm³/mol. The summed E-state index contributed by atoms with van der Waals surface area (Å²) >= 11 is 4.26. The number of aryl methyl sites for hydroxylation is 3. The molecule has 1 atom stereocenters. The van der Waals surface area contributed by atoms with E-state index in [0.29, 0.717) is 22.1 Å². The molecule has 3 aromatic rings. The van der Waals surface area contributed by atoms with Gasteiger partial charge in [0.1, 0.15) is 15.7 Å². The average molecular weight is 396 g/mol. The second-order valence-corrected chi connectivity index (χ2v) is 9.26. The van der Waals surface area contributed by atoms with E-state index in [2.05, 4.69) is 25.5 Å². The van der Waals surface area contributed by atoms with Crippen molar-refractivity contribution in [2.75, 3.05) is 5.32 Å². The Kier molecular flexibility index (Phi) is 5.21. The van der Waals surface area contributed by atoms with Crippen molar-refractivity contribution in [1.82, 2.24) is 20.2 Å². The van der Waals surface area contributed by atoms with E-state index in [-0.39, 0.29) is 16.7 Å². The number of anilines is 1. The fourth-order valence-electron chi connectivity index (χ4n) is 2.20. The van der Waals surface area contributed by atoms with E-state index in [0.717, 1.165) is 20.3 Å². The van der Waals surface area contributed by atoms with Crippen LogP contribution in [0.15, 0.2) is 4.79 Å². The van der Waals surface area contributed by atoms with E-state index >= 15 is 0 Å². The van der Waals surface area contributed by atoms with Crippen molar-refractivity contribution in [3.8, 4) is 0 Å². The summed E-state index contributed by atoms with van der Waals surface area (Å²) in [4.78, 5) is 33.6. The molecule has 0 aliphatic rings. The number of amides is 1. The monoisotopic (exact) mass is 395 g/mol. The molecule has 0 aromatic carbocycles. The van der Waals surface area contributed by atoms with E-state index in [1.165, 1.54) is 34.4 Å². The second kappa shape index (κ2) is 7.22. The van der Waals surface area contributed by atoms with Crippen LogP contribution in [-0.2, 0) is 10.5 Å². The Hall–Kier alpha value is -1.78. The Morgan fingerprint density at radius 1 is 1.28 bits per heavy atom. The number of nitrogens with zero attached hydrogens (tertiary/aromatic N) is 3. The van der Waals surface area contributed by atoms with Gasteiger partial charge in [0, 0.05) is 4.88 Å². The fraction of sp³-hybridized carbons (Fsp3) is 0.400. The quantitative estimate of drug-likeness (QED) is 0.689. The average Bonchev–Trinajstić information content (AvgIpc) is 3.08. The molecule has 1 amide bonds. The van der Waals surface area contributed by atoms with E-state index in [9.17, 15) is 9.59 Å². The van der Waals surface area contributed by atoms with Crippen molar-refractivity contribution in [3.05, 3.63) is 31.6 Å². The first-order valence-corrected chi connectivity index (χ1v) is 10.2. The lowest BCUT2D eigenvalue weighted by Gasteiger charge is -2.09. The largest absolute Gasteiger partial charge is 0.309 e. The van der Waals surface area contributed by atoms with Gasteiger partial charge < -0.3 is 4.98 Å². The molecule has 2 N–H and O–H groups in total. The lowest BCUT2D eigenvalue weighted by molar-refractivity contribution is -0.115. The lowest BCUT2D eigenvalue weighted by atomic mass is 10.2. The first kappa shape index (κ1) is 18.0. The highest BCUT2D eigenvalue weighted by Gasteiger charge is 2.17. The summed E-state index contributed by atoms with van der Waals surface area (Å²) in [6.45, 7) is 7.56. The van der Waals surface area contributed by atoms with Gasteiger partial charge in [-0.15, -0.1) is 33.3 Å². The molecular formula is C15H17N5O2S3. The molecule has 25 heavy (non-hydrogen) atoms. The summed E-state index contributed by atoms with van der Waals surface area (Å²) in [6, 6.07) is 0. The molecular weight excluding hydrogens is 378 g/mol. The van der Waals surface area contributed by atoms with Crippen molar-refractivity contribution in [2.24, 2.45) is 0 Å². The Bertz CT molecular complexity index is 991. The Morgan fingerprint density at radius 2 is 2.04 bits per heavy atom. The molecule has 0 radical (unpaired) electrons. The second-order valence-electron chi connectivity index (χ2n) is 5.54. The Labute approximate surface area is 156 Å². The SMILES string of the molecule is Cc1nnc(NC(=O)C(C)SCc2nc3sc(C)c(C)c3c(=O)[nH]2)s1. The van der Waals surface area contributed by atoms with Gasteiger partial charge in [0.2, 0.25) is 11.0 Å². The Balaban J connectivity index is 1.67. The molecule has 0 fully saturated rings. The summed E-state index contributed by atoms with van der Waals surface area (Å²) in [5.74, 6) is 0.882. The molecule has 10 heteroatoms. The third-order valence-electron chi connectivity index (χ3n) is 3.68. The number of thiophene rings is 1. The van der Waals surface area contributed by atoms with Crippen LogP contribution in [0.3, 0.4) is 0 Å². The smallest absolute Gasteiger partial charge is 0.259 e. The van der Waals surface area contributed by atoms with Gasteiger partial charge in [-0.2, -0.15) is 0 Å². The summed E-state index contributed by atoms with van der Waals surface area (Å²) in [6.07, 6.45) is 0. The molecule has 132 valence electrons. The summed E-state index contributed by atoms with van der Waals surface area (Å²) in [5.41, 5.74) is 0.858. The minimum atomic E-state index is -0.308. The lowest BCUT2D eigenvalue weighted by Crippen LogP contribution is -2.23. The van der Waals surface area contributed by atoms with Crippen LogP contribution in [0.4, 0.5) is 5.13 Å². The number of nitrogens with one attached hydrogen (secondary N) is 2. The van der Waals surface area contributed by atoms with Gasteiger partial charge in [-0.05, 0) is 33.3 Å². The Morgan fingerprint density at radius 3 is 2.72 bits per heavy atom. The molecule has 0 aliphatic carbocycles. The van der Waals surface area contributed by atoms with Gasteiger partial charge in [0.25, 0.3) is 5.56 Å². The maximum atomic E-state index is 12.3. The van der Waals surface area contributed by atoms with Gasteiger partial charge in [-0.25, -0.2) is 4.98 Å². The van der Waals surface area contributed by atoms with Crippen LogP contribution < -0.4 is 10.9 Å². The topological polar surface area (TPSA) is 101 Å². The van der Waals surface area contributed by atoms with Crippen molar-refractivity contribution in [1.29, 1.82) is 0 Å². The van der Waals surface area contributed by atoms with Gasteiger partial charge >= 0.3 is 0 Å². The number of aromatic amines is 1. The minimum Gasteiger partial charge on any atom is -0.309 e. The molecule has 0 aliphatic heterocycles. The zero-order valence-electron chi connectivity index (χ0n) is 14.2. The maximum Gasteiger partial charge on any atom is 0.259 e. The van der Waals surface area contributed by atoms with Crippen molar-refractivity contribution in [2.45, 2.75) is 38.7 Å². The van der Waals surface area contributed by atoms with Crippen LogP contribution in [0.2, 0.25) is 0 Å². The molecule has 3 rings (SSSR count). The molecule has 0 saturated heterocycles. The zero-order valence-corrected chi connectivity index (χ0v) is 16.6. The molecule has 0 spiro atoms. The van der Waals surface area contributed by atoms with E-state index in [1.54, 1.807) is 0 Å². The van der Waals surface area contributed by atoms with Crippen LogP contribution in [-0.4, -0.2) is 31.3 Å². The van der Waals surface area contributed by atoms with Crippen molar-refractivity contribution < 1.29 is 4.79 Å². The molecule has 1 unspecified atom stereocenters. The number of H-pyrrole nitrogens is 1. The highest BCUT2D eigenvalue weighted by molar-refractivity contribution is 7.99. The first-order valence-electron chi connectivity index (χ1n) is 7.56. The first-order chi connectivity index (χ1) is 11.8. The summed E-state index contributed by atoms with van der Waals surface area (Å²) < 4.78 is 0. The van der Waals surface area contributed by atoms with Crippen molar-refractivity contribution in [3.63, 3.8) is 0 Å². The number of hydrogen-bond acceptors (Lipinski definition) is 8. The highest BCUT2D eigenvalue weighted by Crippen LogP contribution is 2.26. The number of hydrogen-bond donors (Lipinski definition) is 2. The molecule has 3 aromatic heterocycles. The zero-order chi connectivity index (χ0) is 18.1. The third-order valence-corrected chi connectivity index (χ3v) is 6.69. The number of aromatic nitrogens is 4. The fourth-order valence-corrected chi connectivity index (χ4v) is 4.60. The van der Waals surface area contributed by atoms with Gasteiger partial charge in [-0.3, -0.25) is 14.9 Å². The number of carbonyl (C=O) groups is 1. The van der Waals surface area contributed by atoms with Crippen LogP contribution in [0, 0.1) is 20.8 Å². The number of thioether (sulfide) groups is 1. The molecule has 7 nitrogen and oxygen atoms in total.